The lowest BCUT2D eigenvalue weighted by Gasteiger charge is -2.26. The molecule has 2 aromatic rings. The normalized spacial score (nSPS) is 16.3. The number of hydrogen-bond acceptors (Lipinski definition) is 3. The lowest BCUT2D eigenvalue weighted by Crippen LogP contribution is -2.36. The summed E-state index contributed by atoms with van der Waals surface area (Å²) < 4.78 is 6.04. The Labute approximate surface area is 159 Å². The van der Waals surface area contributed by atoms with Crippen molar-refractivity contribution in [1.29, 1.82) is 0 Å². The second-order valence-electron chi connectivity index (χ2n) is 8.07. The van der Waals surface area contributed by atoms with Gasteiger partial charge in [-0.1, -0.05) is 13.8 Å². The number of furan rings is 1. The summed E-state index contributed by atoms with van der Waals surface area (Å²) >= 11 is 0. The molecule has 1 aliphatic carbocycles. The number of carbonyl (C=O) groups is 2. The van der Waals surface area contributed by atoms with Gasteiger partial charge in [-0.05, 0) is 49.1 Å². The van der Waals surface area contributed by atoms with Gasteiger partial charge in [-0.3, -0.25) is 9.59 Å². The van der Waals surface area contributed by atoms with Crippen LogP contribution in [0, 0.1) is 11.8 Å². The van der Waals surface area contributed by atoms with Crippen LogP contribution in [-0.2, 0) is 22.6 Å². The molecule has 1 fully saturated rings. The summed E-state index contributed by atoms with van der Waals surface area (Å²) in [4.78, 5) is 26.2. The van der Waals surface area contributed by atoms with E-state index in [0.29, 0.717) is 24.8 Å². The fourth-order valence-corrected chi connectivity index (χ4v) is 3.55. The Morgan fingerprint density at radius 1 is 1.22 bits per heavy atom. The van der Waals surface area contributed by atoms with Crippen molar-refractivity contribution in [2.45, 2.75) is 46.1 Å². The second-order valence-corrected chi connectivity index (χ2v) is 8.07. The third kappa shape index (κ3) is 4.07. The fourth-order valence-electron chi connectivity index (χ4n) is 3.55. The van der Waals surface area contributed by atoms with Crippen LogP contribution in [0.15, 0.2) is 34.7 Å². The Morgan fingerprint density at radius 2 is 1.96 bits per heavy atom. The van der Waals surface area contributed by atoms with Gasteiger partial charge in [0.25, 0.3) is 0 Å². The number of rotatable bonds is 5. The Balaban J connectivity index is 1.44. The minimum atomic E-state index is 0.0339. The molecule has 2 aliphatic rings. The third-order valence-electron chi connectivity index (χ3n) is 5.15. The van der Waals surface area contributed by atoms with Crippen LogP contribution in [0.4, 0.5) is 5.69 Å². The average Bonchev–Trinajstić information content (AvgIpc) is 3.39. The van der Waals surface area contributed by atoms with Crippen molar-refractivity contribution in [2.75, 3.05) is 11.9 Å². The molecule has 2 heterocycles. The SMILES string of the molecule is CC(C)CC(=O)Nc1ccc(-c2cc3c(o2)CCN(C(=O)C2CC2)C3)cc1. The van der Waals surface area contributed by atoms with E-state index in [1.54, 1.807) is 0 Å². The summed E-state index contributed by atoms with van der Waals surface area (Å²) in [5.41, 5.74) is 2.88. The molecule has 0 saturated heterocycles. The highest BCUT2D eigenvalue weighted by molar-refractivity contribution is 5.91. The summed E-state index contributed by atoms with van der Waals surface area (Å²) in [7, 11) is 0. The Kier molecular flexibility index (Phi) is 4.77. The highest BCUT2D eigenvalue weighted by Crippen LogP contribution is 2.35. The van der Waals surface area contributed by atoms with Crippen molar-refractivity contribution in [3.05, 3.63) is 41.7 Å². The highest BCUT2D eigenvalue weighted by Gasteiger charge is 2.35. The summed E-state index contributed by atoms with van der Waals surface area (Å²) in [5, 5.41) is 2.92. The number of hydrogen-bond donors (Lipinski definition) is 1. The van der Waals surface area contributed by atoms with E-state index >= 15 is 0 Å². The average molecular weight is 366 g/mol. The predicted octanol–water partition coefficient (Wildman–Crippen LogP) is 4.23. The molecule has 0 unspecified atom stereocenters. The summed E-state index contributed by atoms with van der Waals surface area (Å²) in [6, 6.07) is 9.77. The van der Waals surface area contributed by atoms with Crippen LogP contribution in [0.1, 0.15) is 44.4 Å². The van der Waals surface area contributed by atoms with Crippen molar-refractivity contribution < 1.29 is 14.0 Å². The van der Waals surface area contributed by atoms with Crippen LogP contribution in [-0.4, -0.2) is 23.3 Å². The lowest BCUT2D eigenvalue weighted by atomic mass is 10.1. The predicted molar refractivity (Wildman–Crippen MR) is 104 cm³/mol. The number of fused-ring (bicyclic) bond motifs is 1. The van der Waals surface area contributed by atoms with Gasteiger partial charge in [0.05, 0.1) is 0 Å². The van der Waals surface area contributed by atoms with Gasteiger partial charge in [-0.25, -0.2) is 0 Å². The van der Waals surface area contributed by atoms with E-state index in [0.717, 1.165) is 54.1 Å². The molecule has 1 aliphatic heterocycles. The monoisotopic (exact) mass is 366 g/mol. The van der Waals surface area contributed by atoms with Crippen LogP contribution in [0.3, 0.4) is 0 Å². The fraction of sp³-hybridized carbons (Fsp3) is 0.455. The summed E-state index contributed by atoms with van der Waals surface area (Å²) in [5.74, 6) is 2.73. The molecule has 1 aromatic carbocycles. The Bertz CT molecular complexity index is 847. The van der Waals surface area contributed by atoms with E-state index in [2.05, 4.69) is 5.32 Å². The maximum absolute atomic E-state index is 12.3. The van der Waals surface area contributed by atoms with E-state index < -0.39 is 0 Å². The summed E-state index contributed by atoms with van der Waals surface area (Å²) in [6.07, 6.45) is 3.37. The van der Waals surface area contributed by atoms with E-state index in [9.17, 15) is 9.59 Å². The molecule has 0 spiro atoms. The summed E-state index contributed by atoms with van der Waals surface area (Å²) in [6.45, 7) is 5.45. The first-order valence-electron chi connectivity index (χ1n) is 9.80. The molecule has 142 valence electrons. The van der Waals surface area contributed by atoms with E-state index in [4.69, 9.17) is 4.42 Å². The standard InChI is InChI=1S/C22H26N2O3/c1-14(2)11-21(25)23-18-7-5-15(6-8-18)20-12-17-13-24(10-9-19(17)27-20)22(26)16-3-4-16/h5-8,12,14,16H,3-4,9-11,13H2,1-2H3,(H,23,25). The molecule has 5 nitrogen and oxygen atoms in total. The molecule has 4 rings (SSSR count). The van der Waals surface area contributed by atoms with E-state index in [-0.39, 0.29) is 11.8 Å². The number of nitrogens with zero attached hydrogens (tertiary/aromatic N) is 1. The van der Waals surface area contributed by atoms with Gasteiger partial charge in [0.15, 0.2) is 0 Å². The molecular formula is C22H26N2O3. The van der Waals surface area contributed by atoms with Gasteiger partial charge in [0.1, 0.15) is 11.5 Å². The van der Waals surface area contributed by atoms with Gasteiger partial charge >= 0.3 is 0 Å². The van der Waals surface area contributed by atoms with Gasteiger partial charge in [-0.15, -0.1) is 0 Å². The van der Waals surface area contributed by atoms with Gasteiger partial charge in [0.2, 0.25) is 11.8 Å². The minimum absolute atomic E-state index is 0.0339. The minimum Gasteiger partial charge on any atom is -0.461 e. The second kappa shape index (κ2) is 7.22. The van der Waals surface area contributed by atoms with Gasteiger partial charge < -0.3 is 14.6 Å². The highest BCUT2D eigenvalue weighted by atomic mass is 16.3. The quantitative estimate of drug-likeness (QED) is 0.861. The van der Waals surface area contributed by atoms with Crippen molar-refractivity contribution >= 4 is 17.5 Å². The Morgan fingerprint density at radius 3 is 2.63 bits per heavy atom. The molecule has 27 heavy (non-hydrogen) atoms. The first-order valence-corrected chi connectivity index (χ1v) is 9.80. The van der Waals surface area contributed by atoms with E-state index in [1.165, 1.54) is 0 Å². The first-order chi connectivity index (χ1) is 13.0. The number of anilines is 1. The van der Waals surface area contributed by atoms with Crippen LogP contribution in [0.25, 0.3) is 11.3 Å². The molecular weight excluding hydrogens is 340 g/mol. The molecule has 0 atom stereocenters. The number of benzene rings is 1. The van der Waals surface area contributed by atoms with Crippen molar-refractivity contribution in [3.8, 4) is 11.3 Å². The maximum Gasteiger partial charge on any atom is 0.225 e. The zero-order valence-corrected chi connectivity index (χ0v) is 16.0. The number of nitrogens with one attached hydrogen (secondary N) is 1. The topological polar surface area (TPSA) is 62.6 Å². The smallest absolute Gasteiger partial charge is 0.225 e. The van der Waals surface area contributed by atoms with Crippen LogP contribution < -0.4 is 5.32 Å². The number of amides is 2. The van der Waals surface area contributed by atoms with Crippen molar-refractivity contribution in [2.24, 2.45) is 11.8 Å². The molecule has 0 bridgehead atoms. The van der Waals surface area contributed by atoms with E-state index in [1.807, 2.05) is 49.1 Å². The van der Waals surface area contributed by atoms with Crippen molar-refractivity contribution in [1.82, 2.24) is 4.90 Å². The van der Waals surface area contributed by atoms with Crippen molar-refractivity contribution in [3.63, 3.8) is 0 Å². The van der Waals surface area contributed by atoms with Crippen LogP contribution in [0.2, 0.25) is 0 Å². The molecule has 0 radical (unpaired) electrons. The van der Waals surface area contributed by atoms with Crippen LogP contribution in [0.5, 0.6) is 0 Å². The molecule has 2 amide bonds. The maximum atomic E-state index is 12.3. The molecule has 1 N–H and O–H groups in total. The lowest BCUT2D eigenvalue weighted by molar-refractivity contribution is -0.133. The van der Waals surface area contributed by atoms with Gasteiger partial charge in [0, 0.05) is 48.7 Å². The Hall–Kier alpha value is -2.56. The molecule has 1 saturated carbocycles. The molecule has 5 heteroatoms. The van der Waals surface area contributed by atoms with Crippen LogP contribution >= 0.6 is 0 Å². The van der Waals surface area contributed by atoms with Gasteiger partial charge in [-0.2, -0.15) is 0 Å². The molecule has 1 aromatic heterocycles. The third-order valence-corrected chi connectivity index (χ3v) is 5.15. The largest absolute Gasteiger partial charge is 0.461 e. The first kappa shape index (κ1) is 17.8. The zero-order chi connectivity index (χ0) is 19.0. The number of carbonyl (C=O) groups excluding carboxylic acids is 2. The zero-order valence-electron chi connectivity index (χ0n) is 16.0.